The number of nitrogens with one attached hydrogen (secondary N) is 1. The standard InChI is InChI=1S/C19H17F2N3OS2/c20-15-7-3-13(4-8-15)12-22-18-23-24-19(27-18)26-11-1-2-17(25)14-5-9-16(21)10-6-14/h3-10H,1-2,11-12H2,(H,22,23). The van der Waals surface area contributed by atoms with Crippen LogP contribution in [0.2, 0.25) is 0 Å². The maximum Gasteiger partial charge on any atom is 0.206 e. The molecular weight excluding hydrogens is 388 g/mol. The molecule has 1 heterocycles. The highest BCUT2D eigenvalue weighted by atomic mass is 32.2. The van der Waals surface area contributed by atoms with Gasteiger partial charge in [-0.25, -0.2) is 8.78 Å². The first-order chi connectivity index (χ1) is 13.1. The largest absolute Gasteiger partial charge is 0.356 e. The van der Waals surface area contributed by atoms with Crippen LogP contribution in [-0.4, -0.2) is 21.7 Å². The van der Waals surface area contributed by atoms with Crippen LogP contribution in [0, 0.1) is 11.6 Å². The SMILES string of the molecule is O=C(CCCSc1nnc(NCc2ccc(F)cc2)s1)c1ccc(F)cc1. The topological polar surface area (TPSA) is 54.9 Å². The van der Waals surface area contributed by atoms with Crippen LogP contribution in [0.25, 0.3) is 0 Å². The molecule has 2 aromatic carbocycles. The van der Waals surface area contributed by atoms with E-state index in [9.17, 15) is 13.6 Å². The molecule has 0 fully saturated rings. The van der Waals surface area contributed by atoms with E-state index >= 15 is 0 Å². The lowest BCUT2D eigenvalue weighted by Gasteiger charge is -2.01. The molecule has 1 N–H and O–H groups in total. The minimum absolute atomic E-state index is 0.00881. The van der Waals surface area contributed by atoms with E-state index in [0.29, 0.717) is 30.1 Å². The number of thioether (sulfide) groups is 1. The van der Waals surface area contributed by atoms with Crippen molar-refractivity contribution in [2.45, 2.75) is 23.7 Å². The van der Waals surface area contributed by atoms with Crippen LogP contribution in [0.5, 0.6) is 0 Å². The summed E-state index contributed by atoms with van der Waals surface area (Å²) in [7, 11) is 0. The van der Waals surface area contributed by atoms with E-state index in [0.717, 1.165) is 15.7 Å². The second kappa shape index (κ2) is 9.57. The van der Waals surface area contributed by atoms with Crippen molar-refractivity contribution in [2.24, 2.45) is 0 Å². The quantitative estimate of drug-likeness (QED) is 0.302. The number of nitrogens with zero attached hydrogens (tertiary/aromatic N) is 2. The molecule has 0 bridgehead atoms. The fraction of sp³-hybridized carbons (Fsp3) is 0.211. The number of rotatable bonds is 9. The van der Waals surface area contributed by atoms with E-state index in [4.69, 9.17) is 0 Å². The van der Waals surface area contributed by atoms with Gasteiger partial charge in [-0.3, -0.25) is 4.79 Å². The molecule has 0 atom stereocenters. The third-order valence-corrected chi connectivity index (χ3v) is 5.80. The molecule has 0 radical (unpaired) electrons. The average Bonchev–Trinajstić information content (AvgIpc) is 3.13. The highest BCUT2D eigenvalue weighted by molar-refractivity contribution is 8.01. The van der Waals surface area contributed by atoms with Gasteiger partial charge in [0.1, 0.15) is 11.6 Å². The minimum atomic E-state index is -0.345. The monoisotopic (exact) mass is 405 g/mol. The first-order valence-electron chi connectivity index (χ1n) is 8.33. The van der Waals surface area contributed by atoms with Gasteiger partial charge in [0, 0.05) is 24.3 Å². The van der Waals surface area contributed by atoms with Gasteiger partial charge < -0.3 is 5.32 Å². The molecule has 27 heavy (non-hydrogen) atoms. The number of anilines is 1. The first-order valence-corrected chi connectivity index (χ1v) is 10.1. The minimum Gasteiger partial charge on any atom is -0.356 e. The van der Waals surface area contributed by atoms with Crippen LogP contribution in [-0.2, 0) is 6.54 Å². The Labute approximate surface area is 164 Å². The van der Waals surface area contributed by atoms with Gasteiger partial charge in [0.2, 0.25) is 5.13 Å². The number of Topliss-reactive ketones (excluding diaryl/α,β-unsaturated/α-hetero) is 1. The maximum absolute atomic E-state index is 12.9. The zero-order valence-corrected chi connectivity index (χ0v) is 16.0. The molecule has 8 heteroatoms. The summed E-state index contributed by atoms with van der Waals surface area (Å²) in [4.78, 5) is 12.0. The van der Waals surface area contributed by atoms with Crippen molar-refractivity contribution in [2.75, 3.05) is 11.1 Å². The summed E-state index contributed by atoms with van der Waals surface area (Å²) < 4.78 is 26.6. The summed E-state index contributed by atoms with van der Waals surface area (Å²) in [6.07, 6.45) is 1.12. The van der Waals surface area contributed by atoms with Crippen LogP contribution in [0.3, 0.4) is 0 Å². The van der Waals surface area contributed by atoms with Crippen LogP contribution in [0.4, 0.5) is 13.9 Å². The maximum atomic E-state index is 12.9. The van der Waals surface area contributed by atoms with Crippen molar-refractivity contribution in [1.82, 2.24) is 10.2 Å². The van der Waals surface area contributed by atoms with Crippen molar-refractivity contribution < 1.29 is 13.6 Å². The fourth-order valence-corrected chi connectivity index (χ4v) is 4.05. The van der Waals surface area contributed by atoms with Crippen molar-refractivity contribution in [3.63, 3.8) is 0 Å². The lowest BCUT2D eigenvalue weighted by atomic mass is 10.1. The summed E-state index contributed by atoms with van der Waals surface area (Å²) in [5.41, 5.74) is 1.49. The molecule has 3 rings (SSSR count). The van der Waals surface area contributed by atoms with Crippen LogP contribution in [0.15, 0.2) is 52.9 Å². The van der Waals surface area contributed by atoms with Gasteiger partial charge in [-0.15, -0.1) is 10.2 Å². The first kappa shape index (κ1) is 19.4. The summed E-state index contributed by atoms with van der Waals surface area (Å²) in [6, 6.07) is 11.9. The molecular formula is C19H17F2N3OS2. The van der Waals surface area contributed by atoms with Crippen molar-refractivity contribution >= 4 is 34.0 Å². The van der Waals surface area contributed by atoms with E-state index in [1.165, 1.54) is 47.7 Å². The molecule has 4 nitrogen and oxygen atoms in total. The van der Waals surface area contributed by atoms with Crippen LogP contribution in [0.1, 0.15) is 28.8 Å². The fourth-order valence-electron chi connectivity index (χ4n) is 2.29. The molecule has 0 unspecified atom stereocenters. The molecule has 140 valence electrons. The normalized spacial score (nSPS) is 10.7. The lowest BCUT2D eigenvalue weighted by molar-refractivity contribution is 0.0982. The summed E-state index contributed by atoms with van der Waals surface area (Å²) in [5.74, 6) is 0.155. The second-order valence-electron chi connectivity index (χ2n) is 5.74. The number of halogens is 2. The third kappa shape index (κ3) is 6.11. The highest BCUT2D eigenvalue weighted by Crippen LogP contribution is 2.26. The number of carbonyl (C=O) groups is 1. The molecule has 0 spiro atoms. The Hall–Kier alpha value is -2.32. The Morgan fingerprint density at radius 2 is 1.67 bits per heavy atom. The van der Waals surface area contributed by atoms with Gasteiger partial charge in [-0.05, 0) is 48.4 Å². The van der Waals surface area contributed by atoms with Crippen molar-refractivity contribution in [1.29, 1.82) is 0 Å². The molecule has 3 aromatic rings. The zero-order valence-electron chi connectivity index (χ0n) is 14.3. The van der Waals surface area contributed by atoms with Crippen LogP contribution >= 0.6 is 23.1 Å². The smallest absolute Gasteiger partial charge is 0.206 e. The average molecular weight is 405 g/mol. The number of benzene rings is 2. The zero-order chi connectivity index (χ0) is 19.1. The predicted octanol–water partition coefficient (Wildman–Crippen LogP) is 5.18. The van der Waals surface area contributed by atoms with Gasteiger partial charge in [0.15, 0.2) is 10.1 Å². The molecule has 0 amide bonds. The number of aromatic nitrogens is 2. The summed E-state index contributed by atoms with van der Waals surface area (Å²) in [6.45, 7) is 0.547. The Morgan fingerprint density at radius 3 is 2.37 bits per heavy atom. The molecule has 1 aromatic heterocycles. The van der Waals surface area contributed by atoms with E-state index in [-0.39, 0.29) is 17.4 Å². The Kier molecular flexibility index (Phi) is 6.89. The van der Waals surface area contributed by atoms with E-state index < -0.39 is 0 Å². The number of hydrogen-bond acceptors (Lipinski definition) is 6. The van der Waals surface area contributed by atoms with E-state index in [2.05, 4.69) is 15.5 Å². The van der Waals surface area contributed by atoms with Gasteiger partial charge in [0.25, 0.3) is 0 Å². The summed E-state index contributed by atoms with van der Waals surface area (Å²) in [5, 5.41) is 12.0. The van der Waals surface area contributed by atoms with Gasteiger partial charge in [-0.2, -0.15) is 0 Å². The molecule has 0 aliphatic heterocycles. The van der Waals surface area contributed by atoms with Crippen molar-refractivity contribution in [3.05, 3.63) is 71.3 Å². The molecule has 0 aliphatic carbocycles. The van der Waals surface area contributed by atoms with Gasteiger partial charge >= 0.3 is 0 Å². The Morgan fingerprint density at radius 1 is 1.00 bits per heavy atom. The Balaban J connectivity index is 1.38. The molecule has 0 saturated carbocycles. The van der Waals surface area contributed by atoms with Gasteiger partial charge in [0.05, 0.1) is 0 Å². The van der Waals surface area contributed by atoms with Crippen molar-refractivity contribution in [3.8, 4) is 0 Å². The molecule has 0 saturated heterocycles. The third-order valence-electron chi connectivity index (χ3n) is 3.70. The molecule has 0 aliphatic rings. The summed E-state index contributed by atoms with van der Waals surface area (Å²) >= 11 is 2.99. The predicted molar refractivity (Wildman–Crippen MR) is 104 cm³/mol. The van der Waals surface area contributed by atoms with E-state index in [1.807, 2.05) is 0 Å². The number of hydrogen-bond donors (Lipinski definition) is 1. The number of ketones is 1. The number of carbonyl (C=O) groups excluding carboxylic acids is 1. The van der Waals surface area contributed by atoms with Crippen LogP contribution < -0.4 is 5.32 Å². The Bertz CT molecular complexity index is 883. The van der Waals surface area contributed by atoms with E-state index in [1.54, 1.807) is 23.9 Å². The lowest BCUT2D eigenvalue weighted by Crippen LogP contribution is -1.99. The van der Waals surface area contributed by atoms with Gasteiger partial charge in [-0.1, -0.05) is 35.2 Å². The second-order valence-corrected chi connectivity index (χ2v) is 8.05. The highest BCUT2D eigenvalue weighted by Gasteiger charge is 2.08.